The van der Waals surface area contributed by atoms with Crippen molar-refractivity contribution in [2.75, 3.05) is 13.1 Å². The van der Waals surface area contributed by atoms with Crippen LogP contribution < -0.4 is 5.32 Å². The quantitative estimate of drug-likeness (QED) is 0.581. The Morgan fingerprint density at radius 2 is 2.00 bits per heavy atom. The van der Waals surface area contributed by atoms with Gasteiger partial charge in [-0.15, -0.1) is 0 Å². The number of rotatable bonds is 7. The van der Waals surface area contributed by atoms with Crippen LogP contribution >= 0.6 is 0 Å². The summed E-state index contributed by atoms with van der Waals surface area (Å²) in [6.07, 6.45) is -0.575. The summed E-state index contributed by atoms with van der Waals surface area (Å²) in [6.45, 7) is 2.13. The molecule has 2 amide bonds. The molecule has 0 aliphatic heterocycles. The summed E-state index contributed by atoms with van der Waals surface area (Å²) >= 11 is 0. The minimum absolute atomic E-state index is 0.123. The monoisotopic (exact) mass is 257 g/mol. The molecule has 0 aromatic carbocycles. The lowest BCUT2D eigenvalue weighted by Gasteiger charge is -2.22. The fraction of sp³-hybridized carbons (Fsp3) is 0.600. The highest BCUT2D eigenvalue weighted by Crippen LogP contribution is 1.97. The van der Waals surface area contributed by atoms with E-state index in [1.165, 1.54) is 4.90 Å². The van der Waals surface area contributed by atoms with Gasteiger partial charge in [0.25, 0.3) is 0 Å². The van der Waals surface area contributed by atoms with Crippen molar-refractivity contribution >= 4 is 18.0 Å². The first-order valence-corrected chi connectivity index (χ1v) is 5.29. The molecule has 0 aliphatic carbocycles. The Kier molecular flexibility index (Phi) is 6.88. The molecule has 1 atom stereocenters. The van der Waals surface area contributed by atoms with E-state index in [0.717, 1.165) is 0 Å². The number of nitrogens with one attached hydrogen (secondary N) is 1. The summed E-state index contributed by atoms with van der Waals surface area (Å²) in [5, 5.41) is 27.8. The van der Waals surface area contributed by atoms with E-state index in [4.69, 9.17) is 15.5 Å². The Morgan fingerprint density at radius 1 is 1.39 bits per heavy atom. The highest BCUT2D eigenvalue weighted by atomic mass is 16.4. The van der Waals surface area contributed by atoms with Gasteiger partial charge >= 0.3 is 18.0 Å². The van der Waals surface area contributed by atoms with Gasteiger partial charge in [-0.3, -0.25) is 4.79 Å². The van der Waals surface area contributed by atoms with Gasteiger partial charge in [-0.1, -0.05) is 0 Å². The molecule has 0 spiro atoms. The number of carboxylic acids is 2. The summed E-state index contributed by atoms with van der Waals surface area (Å²) in [5.74, 6) is -2.73. The van der Waals surface area contributed by atoms with Crippen molar-refractivity contribution < 1.29 is 24.6 Å². The van der Waals surface area contributed by atoms with Crippen LogP contribution in [0.15, 0.2) is 0 Å². The molecule has 1 unspecified atom stereocenters. The molecule has 0 heterocycles. The van der Waals surface area contributed by atoms with Crippen molar-refractivity contribution in [1.29, 1.82) is 5.26 Å². The Bertz CT molecular complexity index is 363. The standard InChI is InChI=1S/C10H15N3O5/c1-2-13(5-3-4-11)10(18)12-7(9(16)17)6-8(14)15/h7H,2-3,5-6H2,1H3,(H,12,18)(H,14,15)(H,16,17). The normalized spacial score (nSPS) is 11.1. The molecule has 100 valence electrons. The van der Waals surface area contributed by atoms with Crippen molar-refractivity contribution in [3.63, 3.8) is 0 Å². The molecule has 0 aliphatic rings. The van der Waals surface area contributed by atoms with Gasteiger partial charge in [-0.25, -0.2) is 9.59 Å². The summed E-state index contributed by atoms with van der Waals surface area (Å²) in [4.78, 5) is 34.0. The molecule has 3 N–H and O–H groups in total. The van der Waals surface area contributed by atoms with Gasteiger partial charge in [0.1, 0.15) is 6.04 Å². The fourth-order valence-corrected chi connectivity index (χ4v) is 1.20. The van der Waals surface area contributed by atoms with E-state index in [2.05, 4.69) is 5.32 Å². The minimum atomic E-state index is -1.48. The first-order chi connectivity index (χ1) is 8.42. The zero-order valence-electron chi connectivity index (χ0n) is 9.92. The third-order valence-corrected chi connectivity index (χ3v) is 2.14. The SMILES string of the molecule is CCN(CCC#N)C(=O)NC(CC(=O)O)C(=O)O. The third-order valence-electron chi connectivity index (χ3n) is 2.14. The van der Waals surface area contributed by atoms with Crippen LogP contribution in [-0.2, 0) is 9.59 Å². The average Bonchev–Trinajstić information content (AvgIpc) is 2.28. The topological polar surface area (TPSA) is 131 Å². The highest BCUT2D eigenvalue weighted by molar-refractivity contribution is 5.86. The molecule has 0 aromatic rings. The van der Waals surface area contributed by atoms with Crippen LogP contribution in [0.4, 0.5) is 4.79 Å². The number of nitriles is 1. The molecule has 8 nitrogen and oxygen atoms in total. The highest BCUT2D eigenvalue weighted by Gasteiger charge is 2.24. The molecule has 0 saturated heterocycles. The van der Waals surface area contributed by atoms with E-state index >= 15 is 0 Å². The smallest absolute Gasteiger partial charge is 0.326 e. The van der Waals surface area contributed by atoms with Crippen molar-refractivity contribution in [2.45, 2.75) is 25.8 Å². The van der Waals surface area contributed by atoms with Crippen LogP contribution in [0.25, 0.3) is 0 Å². The molecule has 0 radical (unpaired) electrons. The third kappa shape index (κ3) is 5.69. The molecular formula is C10H15N3O5. The Balaban J connectivity index is 4.52. The fourth-order valence-electron chi connectivity index (χ4n) is 1.20. The number of aliphatic carboxylic acids is 2. The van der Waals surface area contributed by atoms with Crippen molar-refractivity contribution in [3.8, 4) is 6.07 Å². The molecular weight excluding hydrogens is 242 g/mol. The number of carbonyl (C=O) groups is 3. The van der Waals surface area contributed by atoms with E-state index in [-0.39, 0.29) is 13.0 Å². The molecule has 0 saturated carbocycles. The number of nitrogens with zero attached hydrogens (tertiary/aromatic N) is 2. The molecule has 0 aromatic heterocycles. The summed E-state index contributed by atoms with van der Waals surface area (Å²) in [6, 6.07) is -0.310. The number of hydrogen-bond acceptors (Lipinski definition) is 4. The first kappa shape index (κ1) is 15.7. The predicted molar refractivity (Wildman–Crippen MR) is 59.7 cm³/mol. The maximum atomic E-state index is 11.6. The van der Waals surface area contributed by atoms with Gasteiger partial charge in [-0.05, 0) is 6.92 Å². The maximum absolute atomic E-state index is 11.6. The number of urea groups is 1. The lowest BCUT2D eigenvalue weighted by molar-refractivity contribution is -0.145. The number of carboxylic acid groups (broad SMARTS) is 2. The van der Waals surface area contributed by atoms with Gasteiger partial charge in [0.05, 0.1) is 18.9 Å². The van der Waals surface area contributed by atoms with Crippen molar-refractivity contribution in [3.05, 3.63) is 0 Å². The zero-order valence-corrected chi connectivity index (χ0v) is 9.92. The average molecular weight is 257 g/mol. The van der Waals surface area contributed by atoms with Crippen LogP contribution in [-0.4, -0.2) is 52.2 Å². The zero-order chi connectivity index (χ0) is 14.1. The maximum Gasteiger partial charge on any atom is 0.326 e. The van der Waals surface area contributed by atoms with E-state index in [1.807, 2.05) is 6.07 Å². The second kappa shape index (κ2) is 7.89. The summed E-state index contributed by atoms with van der Waals surface area (Å²) in [5.41, 5.74) is 0. The lowest BCUT2D eigenvalue weighted by Crippen LogP contribution is -2.48. The van der Waals surface area contributed by atoms with Gasteiger partial charge in [0.2, 0.25) is 0 Å². The predicted octanol–water partition coefficient (Wildman–Crippen LogP) is -0.141. The van der Waals surface area contributed by atoms with Gasteiger partial charge < -0.3 is 20.4 Å². The van der Waals surface area contributed by atoms with Crippen molar-refractivity contribution in [1.82, 2.24) is 10.2 Å². The van der Waals surface area contributed by atoms with E-state index in [9.17, 15) is 14.4 Å². The van der Waals surface area contributed by atoms with Gasteiger partial charge in [0, 0.05) is 13.1 Å². The van der Waals surface area contributed by atoms with Crippen LogP contribution in [0.5, 0.6) is 0 Å². The molecule has 18 heavy (non-hydrogen) atoms. The van der Waals surface area contributed by atoms with Gasteiger partial charge in [-0.2, -0.15) is 5.26 Å². The first-order valence-electron chi connectivity index (χ1n) is 5.29. The summed E-state index contributed by atoms with van der Waals surface area (Å²) in [7, 11) is 0. The van der Waals surface area contributed by atoms with E-state index in [0.29, 0.717) is 6.54 Å². The van der Waals surface area contributed by atoms with E-state index < -0.39 is 30.4 Å². The molecule has 0 bridgehead atoms. The van der Waals surface area contributed by atoms with E-state index in [1.54, 1.807) is 6.92 Å². The summed E-state index contributed by atoms with van der Waals surface area (Å²) < 4.78 is 0. The Hall–Kier alpha value is -2.30. The van der Waals surface area contributed by atoms with Crippen molar-refractivity contribution in [2.24, 2.45) is 0 Å². The van der Waals surface area contributed by atoms with Gasteiger partial charge in [0.15, 0.2) is 0 Å². The van der Waals surface area contributed by atoms with Crippen LogP contribution in [0.2, 0.25) is 0 Å². The van der Waals surface area contributed by atoms with Crippen LogP contribution in [0.1, 0.15) is 19.8 Å². The van der Waals surface area contributed by atoms with Crippen LogP contribution in [0.3, 0.4) is 0 Å². The number of amides is 2. The Labute approximate surface area is 104 Å². The Morgan fingerprint density at radius 3 is 2.39 bits per heavy atom. The minimum Gasteiger partial charge on any atom is -0.481 e. The van der Waals surface area contributed by atoms with Crippen LogP contribution in [0, 0.1) is 11.3 Å². The number of hydrogen-bond donors (Lipinski definition) is 3. The molecule has 8 heteroatoms. The second-order valence-electron chi connectivity index (χ2n) is 3.43. The second-order valence-corrected chi connectivity index (χ2v) is 3.43. The lowest BCUT2D eigenvalue weighted by atomic mass is 10.2. The largest absolute Gasteiger partial charge is 0.481 e. The molecule has 0 rings (SSSR count). The number of carbonyl (C=O) groups excluding carboxylic acids is 1. The molecule has 0 fully saturated rings.